The molecule has 1 aromatic carbocycles. The Balaban J connectivity index is 1.64. The van der Waals surface area contributed by atoms with Crippen molar-refractivity contribution in [3.63, 3.8) is 0 Å². The van der Waals surface area contributed by atoms with Crippen LogP contribution in [0, 0.1) is 6.92 Å². The molecule has 23 heavy (non-hydrogen) atoms. The molecule has 2 heterocycles. The number of rotatable bonds is 3. The molecule has 0 bridgehead atoms. The first-order chi connectivity index (χ1) is 11.1. The monoisotopic (exact) mass is 314 g/mol. The number of guanidine groups is 1. The predicted molar refractivity (Wildman–Crippen MR) is 89.0 cm³/mol. The largest absolute Gasteiger partial charge is 0.444 e. The molecule has 0 spiro atoms. The molecule has 1 aromatic heterocycles. The van der Waals surface area contributed by atoms with Gasteiger partial charge in [0, 0.05) is 18.7 Å². The average Bonchev–Trinajstić information content (AvgIpc) is 3.02. The molecular formula is C17H22N4O2. The van der Waals surface area contributed by atoms with E-state index in [9.17, 15) is 0 Å². The third-order valence-corrected chi connectivity index (χ3v) is 3.82. The SMILES string of the molecule is Cc1ccc(-c2nc(CN=C(N)N3CCOC(C)C3)co2)cc1. The Morgan fingerprint density at radius 2 is 2.17 bits per heavy atom. The van der Waals surface area contributed by atoms with Gasteiger partial charge in [-0.3, -0.25) is 0 Å². The van der Waals surface area contributed by atoms with Crippen LogP contribution in [0.2, 0.25) is 0 Å². The Labute approximate surface area is 136 Å². The number of oxazole rings is 1. The van der Waals surface area contributed by atoms with Crippen molar-refractivity contribution in [2.24, 2.45) is 10.7 Å². The standard InChI is InChI=1S/C17H22N4O2/c1-12-3-5-14(6-4-12)16-20-15(11-23-16)9-19-17(18)21-7-8-22-13(2)10-21/h3-6,11,13H,7-10H2,1-2H3,(H2,18,19). The van der Waals surface area contributed by atoms with Crippen molar-refractivity contribution in [1.29, 1.82) is 0 Å². The number of benzene rings is 1. The zero-order valence-electron chi connectivity index (χ0n) is 13.5. The highest BCUT2D eigenvalue weighted by Gasteiger charge is 2.18. The van der Waals surface area contributed by atoms with Crippen molar-refractivity contribution in [2.75, 3.05) is 19.7 Å². The van der Waals surface area contributed by atoms with Crippen LogP contribution in [0.15, 0.2) is 39.9 Å². The van der Waals surface area contributed by atoms with Crippen LogP contribution in [0.5, 0.6) is 0 Å². The summed E-state index contributed by atoms with van der Waals surface area (Å²) in [5.74, 6) is 1.13. The maximum atomic E-state index is 6.06. The quantitative estimate of drug-likeness (QED) is 0.694. The zero-order chi connectivity index (χ0) is 16.2. The van der Waals surface area contributed by atoms with Crippen LogP contribution < -0.4 is 5.73 Å². The van der Waals surface area contributed by atoms with Gasteiger partial charge in [0.1, 0.15) is 12.0 Å². The molecule has 122 valence electrons. The van der Waals surface area contributed by atoms with Crippen molar-refractivity contribution in [1.82, 2.24) is 9.88 Å². The summed E-state index contributed by atoms with van der Waals surface area (Å²) >= 11 is 0. The second-order valence-corrected chi connectivity index (χ2v) is 5.81. The summed E-state index contributed by atoms with van der Waals surface area (Å²) in [5.41, 5.74) is 8.99. The highest BCUT2D eigenvalue weighted by Crippen LogP contribution is 2.19. The number of aromatic nitrogens is 1. The summed E-state index contributed by atoms with van der Waals surface area (Å²) in [6.45, 7) is 6.71. The molecule has 1 atom stereocenters. The van der Waals surface area contributed by atoms with Gasteiger partial charge in [-0.15, -0.1) is 0 Å². The lowest BCUT2D eigenvalue weighted by Gasteiger charge is -2.31. The Bertz CT molecular complexity index is 678. The van der Waals surface area contributed by atoms with E-state index in [0.717, 1.165) is 24.3 Å². The summed E-state index contributed by atoms with van der Waals surface area (Å²) in [7, 11) is 0. The molecule has 6 heteroatoms. The van der Waals surface area contributed by atoms with E-state index in [2.05, 4.69) is 16.9 Å². The van der Waals surface area contributed by atoms with Gasteiger partial charge >= 0.3 is 0 Å². The van der Waals surface area contributed by atoms with Gasteiger partial charge in [0.15, 0.2) is 5.96 Å². The third-order valence-electron chi connectivity index (χ3n) is 3.82. The minimum atomic E-state index is 0.178. The number of ether oxygens (including phenoxy) is 1. The second-order valence-electron chi connectivity index (χ2n) is 5.81. The molecule has 2 aromatic rings. The summed E-state index contributed by atoms with van der Waals surface area (Å²) in [4.78, 5) is 10.9. The van der Waals surface area contributed by atoms with Gasteiger partial charge in [0.05, 0.1) is 19.3 Å². The summed E-state index contributed by atoms with van der Waals surface area (Å²) in [6.07, 6.45) is 1.81. The molecule has 2 N–H and O–H groups in total. The summed E-state index contributed by atoms with van der Waals surface area (Å²) in [6, 6.07) is 8.07. The van der Waals surface area contributed by atoms with Crippen molar-refractivity contribution in [3.05, 3.63) is 41.8 Å². The lowest BCUT2D eigenvalue weighted by Crippen LogP contribution is -2.47. The molecule has 0 amide bonds. The van der Waals surface area contributed by atoms with Crippen molar-refractivity contribution >= 4 is 5.96 Å². The second kappa shape index (κ2) is 6.83. The molecule has 6 nitrogen and oxygen atoms in total. The first kappa shape index (κ1) is 15.6. The lowest BCUT2D eigenvalue weighted by atomic mass is 10.1. The van der Waals surface area contributed by atoms with Gasteiger partial charge < -0.3 is 19.8 Å². The number of nitrogens with two attached hydrogens (primary N) is 1. The fraction of sp³-hybridized carbons (Fsp3) is 0.412. The fourth-order valence-electron chi connectivity index (χ4n) is 2.50. The first-order valence-electron chi connectivity index (χ1n) is 7.80. The van der Waals surface area contributed by atoms with Gasteiger partial charge in [-0.25, -0.2) is 9.98 Å². The minimum Gasteiger partial charge on any atom is -0.444 e. The van der Waals surface area contributed by atoms with Crippen LogP contribution in [0.3, 0.4) is 0 Å². The summed E-state index contributed by atoms with van der Waals surface area (Å²) in [5, 5.41) is 0. The van der Waals surface area contributed by atoms with E-state index in [0.29, 0.717) is 25.0 Å². The number of aryl methyl sites for hydroxylation is 1. The van der Waals surface area contributed by atoms with Gasteiger partial charge in [0.2, 0.25) is 5.89 Å². The smallest absolute Gasteiger partial charge is 0.226 e. The highest BCUT2D eigenvalue weighted by molar-refractivity contribution is 5.78. The Hall–Kier alpha value is -2.34. The molecule has 3 rings (SSSR count). The van der Waals surface area contributed by atoms with Crippen molar-refractivity contribution in [3.8, 4) is 11.5 Å². The van der Waals surface area contributed by atoms with E-state index in [1.165, 1.54) is 5.56 Å². The van der Waals surface area contributed by atoms with Crippen LogP contribution in [-0.2, 0) is 11.3 Å². The number of morpholine rings is 1. The van der Waals surface area contributed by atoms with Crippen LogP contribution >= 0.6 is 0 Å². The number of aliphatic imine (C=N–C) groups is 1. The van der Waals surface area contributed by atoms with Gasteiger partial charge in [-0.1, -0.05) is 17.7 Å². The van der Waals surface area contributed by atoms with Crippen LogP contribution in [0.4, 0.5) is 0 Å². The molecule has 1 aliphatic rings. The highest BCUT2D eigenvalue weighted by atomic mass is 16.5. The van der Waals surface area contributed by atoms with E-state index in [-0.39, 0.29) is 6.10 Å². The molecule has 1 aliphatic heterocycles. The van der Waals surface area contributed by atoms with E-state index < -0.39 is 0 Å². The Morgan fingerprint density at radius 1 is 1.39 bits per heavy atom. The average molecular weight is 314 g/mol. The van der Waals surface area contributed by atoms with E-state index in [1.54, 1.807) is 6.26 Å². The molecule has 0 aliphatic carbocycles. The van der Waals surface area contributed by atoms with E-state index >= 15 is 0 Å². The van der Waals surface area contributed by atoms with E-state index in [1.807, 2.05) is 36.1 Å². The molecule has 1 fully saturated rings. The molecular weight excluding hydrogens is 292 g/mol. The van der Waals surface area contributed by atoms with E-state index in [4.69, 9.17) is 14.9 Å². The maximum absolute atomic E-state index is 6.06. The Morgan fingerprint density at radius 3 is 2.91 bits per heavy atom. The number of hydrogen-bond acceptors (Lipinski definition) is 4. The minimum absolute atomic E-state index is 0.178. The third kappa shape index (κ3) is 3.90. The normalized spacial score (nSPS) is 19.1. The van der Waals surface area contributed by atoms with Crippen LogP contribution in [0.25, 0.3) is 11.5 Å². The fourth-order valence-corrected chi connectivity index (χ4v) is 2.50. The van der Waals surface area contributed by atoms with Crippen LogP contribution in [-0.4, -0.2) is 41.6 Å². The van der Waals surface area contributed by atoms with Crippen molar-refractivity contribution in [2.45, 2.75) is 26.5 Å². The molecule has 1 saturated heterocycles. The first-order valence-corrected chi connectivity index (χ1v) is 7.80. The van der Waals surface area contributed by atoms with Crippen LogP contribution in [0.1, 0.15) is 18.2 Å². The van der Waals surface area contributed by atoms with Gasteiger partial charge in [0.25, 0.3) is 0 Å². The maximum Gasteiger partial charge on any atom is 0.226 e. The number of hydrogen-bond donors (Lipinski definition) is 1. The van der Waals surface area contributed by atoms with Gasteiger partial charge in [-0.2, -0.15) is 0 Å². The molecule has 0 saturated carbocycles. The molecule has 1 unspecified atom stereocenters. The number of nitrogens with zero attached hydrogens (tertiary/aromatic N) is 3. The summed E-state index contributed by atoms with van der Waals surface area (Å²) < 4.78 is 11.0. The lowest BCUT2D eigenvalue weighted by molar-refractivity contribution is 0.00528. The molecule has 0 radical (unpaired) electrons. The predicted octanol–water partition coefficient (Wildman–Crippen LogP) is 2.19. The van der Waals surface area contributed by atoms with Crippen molar-refractivity contribution < 1.29 is 9.15 Å². The Kier molecular flexibility index (Phi) is 4.62. The topological polar surface area (TPSA) is 76.9 Å². The van der Waals surface area contributed by atoms with Gasteiger partial charge in [-0.05, 0) is 26.0 Å². The zero-order valence-corrected chi connectivity index (χ0v) is 13.5.